The molecule has 0 radical (unpaired) electrons. The minimum absolute atomic E-state index is 0.0733. The van der Waals surface area contributed by atoms with Gasteiger partial charge in [0, 0.05) is 31.9 Å². The quantitative estimate of drug-likeness (QED) is 0.839. The van der Waals surface area contributed by atoms with Gasteiger partial charge >= 0.3 is 0 Å². The van der Waals surface area contributed by atoms with Crippen LogP contribution in [0.4, 0.5) is 11.4 Å². The van der Waals surface area contributed by atoms with Crippen molar-refractivity contribution in [2.45, 2.75) is 12.3 Å². The maximum Gasteiger partial charge on any atom is 0.256 e. The third-order valence-electron chi connectivity index (χ3n) is 4.46. The molecular formula is C20H22ClN3O2. The Balaban J connectivity index is 1.68. The lowest BCUT2D eigenvalue weighted by atomic mass is 10.1. The van der Waals surface area contributed by atoms with Crippen LogP contribution in [0, 0.1) is 0 Å². The lowest BCUT2D eigenvalue weighted by Crippen LogP contribution is -2.49. The Bertz CT molecular complexity index is 772. The third kappa shape index (κ3) is 4.17. The van der Waals surface area contributed by atoms with E-state index in [2.05, 4.69) is 22.3 Å². The van der Waals surface area contributed by atoms with E-state index in [-0.39, 0.29) is 11.8 Å². The Hall–Kier alpha value is -2.53. The molecule has 136 valence electrons. The van der Waals surface area contributed by atoms with Crippen LogP contribution in [0.25, 0.3) is 0 Å². The molecule has 1 fully saturated rings. The summed E-state index contributed by atoms with van der Waals surface area (Å²) in [6.07, 6.45) is 0. The van der Waals surface area contributed by atoms with Crippen molar-refractivity contribution in [2.24, 2.45) is 0 Å². The molecule has 1 saturated heterocycles. The van der Waals surface area contributed by atoms with Gasteiger partial charge in [0.25, 0.3) is 5.91 Å². The van der Waals surface area contributed by atoms with Gasteiger partial charge in [-0.3, -0.25) is 9.59 Å². The highest BCUT2D eigenvalue weighted by atomic mass is 35.5. The highest BCUT2D eigenvalue weighted by molar-refractivity contribution is 6.32. The summed E-state index contributed by atoms with van der Waals surface area (Å²) in [6, 6.07) is 17.2. The molecule has 0 unspecified atom stereocenters. The van der Waals surface area contributed by atoms with E-state index < -0.39 is 5.38 Å². The van der Waals surface area contributed by atoms with Crippen LogP contribution in [0.3, 0.4) is 0 Å². The number of piperazine rings is 1. The van der Waals surface area contributed by atoms with Crippen LogP contribution in [0.2, 0.25) is 0 Å². The minimum Gasteiger partial charge on any atom is -0.368 e. The Morgan fingerprint density at radius 1 is 0.962 bits per heavy atom. The summed E-state index contributed by atoms with van der Waals surface area (Å²) in [5.41, 5.74) is 2.16. The second-order valence-corrected chi connectivity index (χ2v) is 6.92. The highest BCUT2D eigenvalue weighted by Gasteiger charge is 2.24. The number of hydrogen-bond acceptors (Lipinski definition) is 3. The minimum atomic E-state index is -0.660. The van der Waals surface area contributed by atoms with Gasteiger partial charge in [-0.25, -0.2) is 0 Å². The number of hydrogen-bond donors (Lipinski definition) is 1. The first kappa shape index (κ1) is 18.3. The van der Waals surface area contributed by atoms with Gasteiger partial charge in [-0.05, 0) is 31.2 Å². The summed E-state index contributed by atoms with van der Waals surface area (Å²) in [6.45, 7) is 4.44. The number of nitrogens with zero attached hydrogens (tertiary/aromatic N) is 2. The van der Waals surface area contributed by atoms with E-state index >= 15 is 0 Å². The topological polar surface area (TPSA) is 52.7 Å². The van der Waals surface area contributed by atoms with Gasteiger partial charge in [0.1, 0.15) is 5.38 Å². The van der Waals surface area contributed by atoms with Crippen LogP contribution < -0.4 is 10.2 Å². The fourth-order valence-corrected chi connectivity index (χ4v) is 3.04. The smallest absolute Gasteiger partial charge is 0.256 e. The number of rotatable bonds is 4. The second kappa shape index (κ2) is 8.23. The standard InChI is InChI=1S/C20H22ClN3O2/c1-15(21)19(25)22-18-10-6-5-9-17(18)20(26)24-13-11-23(12-14-24)16-7-3-2-4-8-16/h2-10,15H,11-14H2,1H3,(H,22,25)/t15-/m0/s1. The molecule has 1 N–H and O–H groups in total. The first-order valence-electron chi connectivity index (χ1n) is 8.69. The molecule has 26 heavy (non-hydrogen) atoms. The molecule has 0 saturated carbocycles. The Morgan fingerprint density at radius 2 is 1.58 bits per heavy atom. The SMILES string of the molecule is C[C@H](Cl)C(=O)Nc1ccccc1C(=O)N1CCN(c2ccccc2)CC1. The molecule has 0 bridgehead atoms. The van der Waals surface area contributed by atoms with E-state index in [9.17, 15) is 9.59 Å². The summed E-state index contributed by atoms with van der Waals surface area (Å²) in [5.74, 6) is -0.392. The van der Waals surface area contributed by atoms with Crippen molar-refractivity contribution in [2.75, 3.05) is 36.4 Å². The van der Waals surface area contributed by atoms with Gasteiger partial charge in [0.2, 0.25) is 5.91 Å². The Morgan fingerprint density at radius 3 is 2.23 bits per heavy atom. The molecule has 1 aliphatic heterocycles. The molecule has 3 rings (SSSR count). The van der Waals surface area contributed by atoms with Gasteiger partial charge < -0.3 is 15.1 Å². The highest BCUT2D eigenvalue weighted by Crippen LogP contribution is 2.21. The van der Waals surface area contributed by atoms with Crippen LogP contribution in [-0.4, -0.2) is 48.3 Å². The maximum absolute atomic E-state index is 12.9. The van der Waals surface area contributed by atoms with Gasteiger partial charge in [-0.2, -0.15) is 0 Å². The Labute approximate surface area is 158 Å². The number of amides is 2. The molecule has 5 nitrogen and oxygen atoms in total. The van der Waals surface area contributed by atoms with Crippen LogP contribution in [0.15, 0.2) is 54.6 Å². The van der Waals surface area contributed by atoms with Crippen molar-refractivity contribution in [3.05, 3.63) is 60.2 Å². The third-order valence-corrected chi connectivity index (χ3v) is 4.66. The van der Waals surface area contributed by atoms with Gasteiger partial charge in [-0.15, -0.1) is 11.6 Å². The van der Waals surface area contributed by atoms with Crippen molar-refractivity contribution < 1.29 is 9.59 Å². The van der Waals surface area contributed by atoms with E-state index in [0.717, 1.165) is 13.1 Å². The number of nitrogens with one attached hydrogen (secondary N) is 1. The number of benzene rings is 2. The normalized spacial score (nSPS) is 15.5. The zero-order valence-electron chi connectivity index (χ0n) is 14.7. The number of alkyl halides is 1. The monoisotopic (exact) mass is 371 g/mol. The van der Waals surface area contributed by atoms with E-state index in [0.29, 0.717) is 24.3 Å². The number of carbonyl (C=O) groups excluding carboxylic acids is 2. The predicted octanol–water partition coefficient (Wildman–Crippen LogP) is 3.21. The van der Waals surface area contributed by atoms with Crippen molar-refractivity contribution in [1.82, 2.24) is 4.90 Å². The van der Waals surface area contributed by atoms with Gasteiger partial charge in [-0.1, -0.05) is 30.3 Å². The van der Waals surface area contributed by atoms with Gasteiger partial charge in [0.05, 0.1) is 11.3 Å². The molecule has 1 aliphatic rings. The van der Waals surface area contributed by atoms with Crippen molar-refractivity contribution in [3.8, 4) is 0 Å². The maximum atomic E-state index is 12.9. The largest absolute Gasteiger partial charge is 0.368 e. The predicted molar refractivity (Wildman–Crippen MR) is 105 cm³/mol. The number of anilines is 2. The summed E-state index contributed by atoms with van der Waals surface area (Å²) in [7, 11) is 0. The average molecular weight is 372 g/mol. The van der Waals surface area contributed by atoms with Crippen molar-refractivity contribution in [3.63, 3.8) is 0 Å². The first-order chi connectivity index (χ1) is 12.6. The lowest BCUT2D eigenvalue weighted by molar-refractivity contribution is -0.115. The zero-order valence-corrected chi connectivity index (χ0v) is 15.4. The van der Waals surface area contributed by atoms with E-state index in [1.807, 2.05) is 23.1 Å². The zero-order chi connectivity index (χ0) is 18.5. The molecule has 0 spiro atoms. The van der Waals surface area contributed by atoms with Crippen LogP contribution in [-0.2, 0) is 4.79 Å². The first-order valence-corrected chi connectivity index (χ1v) is 9.13. The lowest BCUT2D eigenvalue weighted by Gasteiger charge is -2.36. The molecule has 6 heteroatoms. The average Bonchev–Trinajstić information content (AvgIpc) is 2.68. The number of para-hydroxylation sites is 2. The van der Waals surface area contributed by atoms with E-state index in [1.165, 1.54) is 5.69 Å². The van der Waals surface area contributed by atoms with Crippen LogP contribution in [0.1, 0.15) is 17.3 Å². The van der Waals surface area contributed by atoms with Crippen LogP contribution >= 0.6 is 11.6 Å². The van der Waals surface area contributed by atoms with Crippen molar-refractivity contribution in [1.29, 1.82) is 0 Å². The molecular weight excluding hydrogens is 350 g/mol. The summed E-state index contributed by atoms with van der Waals surface area (Å²) in [4.78, 5) is 28.9. The fourth-order valence-electron chi connectivity index (χ4n) is 2.99. The molecule has 0 aromatic heterocycles. The molecule has 2 amide bonds. The van der Waals surface area contributed by atoms with E-state index in [1.54, 1.807) is 31.2 Å². The number of halogens is 1. The molecule has 1 heterocycles. The molecule has 1 atom stereocenters. The molecule has 2 aromatic rings. The number of carbonyl (C=O) groups is 2. The summed E-state index contributed by atoms with van der Waals surface area (Å²) >= 11 is 5.82. The fraction of sp³-hybridized carbons (Fsp3) is 0.300. The Kier molecular flexibility index (Phi) is 5.78. The van der Waals surface area contributed by atoms with E-state index in [4.69, 9.17) is 11.6 Å². The summed E-state index contributed by atoms with van der Waals surface area (Å²) in [5, 5.41) is 2.08. The second-order valence-electron chi connectivity index (χ2n) is 6.27. The summed E-state index contributed by atoms with van der Waals surface area (Å²) < 4.78 is 0. The molecule has 0 aliphatic carbocycles. The van der Waals surface area contributed by atoms with Crippen LogP contribution in [0.5, 0.6) is 0 Å². The molecule has 2 aromatic carbocycles. The van der Waals surface area contributed by atoms with Gasteiger partial charge in [0.15, 0.2) is 0 Å². The van der Waals surface area contributed by atoms with Crippen molar-refractivity contribution >= 4 is 34.8 Å².